The van der Waals surface area contributed by atoms with Crippen LogP contribution in [0.2, 0.25) is 0 Å². The summed E-state index contributed by atoms with van der Waals surface area (Å²) in [7, 11) is 0. The fourth-order valence-electron chi connectivity index (χ4n) is 15.9. The van der Waals surface area contributed by atoms with E-state index in [1.165, 1.54) is 0 Å². The lowest BCUT2D eigenvalue weighted by Crippen LogP contribution is -2.71. The van der Waals surface area contributed by atoms with Gasteiger partial charge in [0.1, 0.15) is 244 Å². The highest BCUT2D eigenvalue weighted by molar-refractivity contribution is 5.74. The molecule has 0 spiro atoms. The lowest BCUT2D eigenvalue weighted by molar-refractivity contribution is -0.400. The zero-order valence-electron chi connectivity index (χ0n) is 65.9. The van der Waals surface area contributed by atoms with E-state index in [4.69, 9.17) is 90.0 Å². The van der Waals surface area contributed by atoms with Crippen molar-refractivity contribution < 1.29 is 252 Å². The number of ether oxygens (including phenoxy) is 19. The van der Waals surface area contributed by atoms with Gasteiger partial charge in [-0.1, -0.05) is 0 Å². The number of rotatable bonds is 32. The van der Waals surface area contributed by atoms with E-state index in [1.807, 2.05) is 0 Å². The lowest BCUT2D eigenvalue weighted by Gasteiger charge is -2.51. The molecule has 712 valence electrons. The highest BCUT2D eigenvalue weighted by atomic mass is 16.8. The van der Waals surface area contributed by atoms with E-state index in [1.54, 1.807) is 0 Å². The molecular weight excluding hydrogens is 1690 g/mol. The first-order valence-corrected chi connectivity index (χ1v) is 39.1. The number of amides is 4. The number of hydrogen-bond acceptors (Lipinski definition) is 51. The van der Waals surface area contributed by atoms with Gasteiger partial charge in [-0.2, -0.15) is 0 Å². The standard InChI is InChI=1S/C68H114N4O51/c1-15(82)69-29-38(91)51(23(9-77)106-59(29)104)116-60-30(70-16(2)83)39(92)54(26(12-80)111-60)119-66-50(103)56(37(90)28(115-66)14-105-67-57(44(97)35(88)21(7-75)109-67)122-61-31(71-17(3)84)40(93)52(24(10-78)112-61)117-63-47(100)42(95)33(86)19(5-73)107-63)121-68-58(45(98)36(89)22(8-76)110-68)123-62-32(72-18(4)85)41(94)53(25(11-79)113-62)118-65-49(102)46(99)55(27(13-81)114-65)120-64-48(101)43(96)34(87)20(6-74)108-64/h19-68,73-81,86-104H,5-14H2,1-4H3,(H,69,82)(H,70,83)(H,71,84)(H,72,85)/t19-,20-,21-,22-,23-,24-,25-,26-,27-,28-,29-,30-,31-,32-,33+,34+,35-,36-,37-,38-,39-,40-,41-,42+,43+,44+,45+,46-,47-,48-,49-,50+,51-,52-,53-,54-,55+,56+,57+,58+,59-,60+,61+,62+,63+,64+,65+,66+,67+,68-/m1/s1. The van der Waals surface area contributed by atoms with Crippen molar-refractivity contribution >= 4 is 23.6 Å². The second-order valence-electron chi connectivity index (χ2n) is 31.0. The first-order valence-electron chi connectivity index (χ1n) is 39.1. The summed E-state index contributed by atoms with van der Waals surface area (Å²) in [6, 6.07) is -7.59. The molecule has 0 aromatic carbocycles. The molecule has 10 fully saturated rings. The van der Waals surface area contributed by atoms with Gasteiger partial charge in [0, 0.05) is 27.7 Å². The number of aliphatic hydroxyl groups excluding tert-OH is 28. The molecule has 0 aliphatic carbocycles. The summed E-state index contributed by atoms with van der Waals surface area (Å²) < 4.78 is 112. The van der Waals surface area contributed by atoms with Crippen LogP contribution in [0.15, 0.2) is 0 Å². The fraction of sp³-hybridized carbons (Fsp3) is 0.941. The van der Waals surface area contributed by atoms with Gasteiger partial charge in [0.15, 0.2) is 62.9 Å². The Labute approximate surface area is 695 Å². The Morgan fingerprint density at radius 1 is 0.211 bits per heavy atom. The summed E-state index contributed by atoms with van der Waals surface area (Å²) in [6.45, 7) is -7.39. The third-order valence-electron chi connectivity index (χ3n) is 22.5. The molecule has 32 N–H and O–H groups in total. The summed E-state index contributed by atoms with van der Waals surface area (Å²) in [5.41, 5.74) is 0. The second kappa shape index (κ2) is 44.3. The molecule has 55 nitrogen and oxygen atoms in total. The van der Waals surface area contributed by atoms with Crippen LogP contribution in [-0.4, -0.2) is 539 Å². The van der Waals surface area contributed by atoms with Gasteiger partial charge in [-0.05, 0) is 0 Å². The number of hydrogen-bond donors (Lipinski definition) is 32. The Kier molecular flexibility index (Phi) is 36.4. The molecule has 0 unspecified atom stereocenters. The average Bonchev–Trinajstić information content (AvgIpc) is 0.767. The third kappa shape index (κ3) is 22.3. The van der Waals surface area contributed by atoms with Gasteiger partial charge in [-0.15, -0.1) is 0 Å². The molecule has 50 atom stereocenters. The SMILES string of the molecule is CC(=O)N[C@@H]1[C@@H](O)[C@H](O[C@@H]2O[C@H](CO)[C@@H](O[C@@H]3O[C@H](CO[C@H]4O[C@H](CO)[C@@H](O)[C@H](O)[C@@H]4O[C@@H]4O[C@H](CO)[C@@H](O[C@@H]5O[C@H](CO)[C@H](O)[C@H](O)[C@H]5O)[C@H](O)[C@H]4NC(C)=O)[C@@H](O)[C@H](O[C@H]4O[C@H](CO)[C@@H](O)[C@H](O)[C@@H]4O[C@@H]4O[C@H](CO)[C@@H](O[C@@H]5O[C@H](CO)[C@H](O[C@@H]6O[C@H](CO)[C@H](O)[C@H](O)[C@H]6O)[C@H](O)[C@H]5O)[C@H](O)[C@H]4NC(C)=O)[C@@H]3O)[C@H](O)[C@H]2NC(C)=O)[C@@H](CO)O[C@H]1O. The van der Waals surface area contributed by atoms with Crippen molar-refractivity contribution in [2.75, 3.05) is 66.1 Å². The van der Waals surface area contributed by atoms with Crippen LogP contribution in [0.4, 0.5) is 0 Å². The van der Waals surface area contributed by atoms with E-state index < -0.39 is 397 Å². The predicted molar refractivity (Wildman–Crippen MR) is 376 cm³/mol. The molecule has 0 radical (unpaired) electrons. The number of carbonyl (C=O) groups excluding carboxylic acids is 4. The molecule has 4 amide bonds. The van der Waals surface area contributed by atoms with Crippen LogP contribution in [0, 0.1) is 0 Å². The summed E-state index contributed by atoms with van der Waals surface area (Å²) in [6.07, 6.45) is -96.8. The Bertz CT molecular complexity index is 3310. The zero-order chi connectivity index (χ0) is 90.5. The van der Waals surface area contributed by atoms with Gasteiger partial charge in [-0.3, -0.25) is 19.2 Å². The molecular formula is C68H114N4O51. The Morgan fingerprint density at radius 2 is 0.439 bits per heavy atom. The quantitative estimate of drug-likeness (QED) is 0.0297. The van der Waals surface area contributed by atoms with Crippen molar-refractivity contribution in [1.82, 2.24) is 21.3 Å². The molecule has 0 bridgehead atoms. The van der Waals surface area contributed by atoms with E-state index in [9.17, 15) is 162 Å². The third-order valence-corrected chi connectivity index (χ3v) is 22.5. The summed E-state index contributed by atoms with van der Waals surface area (Å²) >= 11 is 0. The van der Waals surface area contributed by atoms with Crippen LogP contribution in [0.25, 0.3) is 0 Å². The van der Waals surface area contributed by atoms with Crippen molar-refractivity contribution in [3.63, 3.8) is 0 Å². The van der Waals surface area contributed by atoms with Crippen molar-refractivity contribution in [2.45, 2.75) is 335 Å². The number of carbonyl (C=O) groups is 4. The highest BCUT2D eigenvalue weighted by Crippen LogP contribution is 2.41. The molecule has 0 saturated carbocycles. The van der Waals surface area contributed by atoms with Gasteiger partial charge in [0.2, 0.25) is 23.6 Å². The van der Waals surface area contributed by atoms with Gasteiger partial charge in [-0.25, -0.2) is 0 Å². The molecule has 10 heterocycles. The maximum absolute atomic E-state index is 13.1. The van der Waals surface area contributed by atoms with Gasteiger partial charge in [0.05, 0.1) is 66.1 Å². The lowest BCUT2D eigenvalue weighted by atomic mass is 9.93. The van der Waals surface area contributed by atoms with Crippen LogP contribution in [0.5, 0.6) is 0 Å². The van der Waals surface area contributed by atoms with Crippen LogP contribution in [0.1, 0.15) is 27.7 Å². The van der Waals surface area contributed by atoms with Crippen molar-refractivity contribution in [2.24, 2.45) is 0 Å². The Hall–Kier alpha value is -4.00. The largest absolute Gasteiger partial charge is 0.394 e. The average molecular weight is 1800 g/mol. The minimum absolute atomic E-state index is 0.801. The Balaban J connectivity index is 0.961. The summed E-state index contributed by atoms with van der Waals surface area (Å²) in [5.74, 6) is -3.72. The van der Waals surface area contributed by atoms with Gasteiger partial charge < -0.3 is 254 Å². The molecule has 10 aliphatic heterocycles. The smallest absolute Gasteiger partial charge is 0.217 e. The predicted octanol–water partition coefficient (Wildman–Crippen LogP) is -22.2. The van der Waals surface area contributed by atoms with Gasteiger partial charge >= 0.3 is 0 Å². The van der Waals surface area contributed by atoms with E-state index >= 15 is 0 Å². The maximum atomic E-state index is 13.1. The van der Waals surface area contributed by atoms with E-state index in [0.29, 0.717) is 0 Å². The van der Waals surface area contributed by atoms with Crippen LogP contribution >= 0.6 is 0 Å². The summed E-state index contributed by atoms with van der Waals surface area (Å²) in [5, 5.41) is 321. The van der Waals surface area contributed by atoms with Crippen molar-refractivity contribution in [1.29, 1.82) is 0 Å². The normalized spacial score (nSPS) is 49.4. The van der Waals surface area contributed by atoms with Crippen LogP contribution in [0.3, 0.4) is 0 Å². The second-order valence-corrected chi connectivity index (χ2v) is 31.0. The minimum Gasteiger partial charge on any atom is -0.394 e. The maximum Gasteiger partial charge on any atom is 0.217 e. The molecule has 0 aromatic rings. The monoisotopic (exact) mass is 1800 g/mol. The fourth-order valence-corrected chi connectivity index (χ4v) is 15.9. The summed E-state index contributed by atoms with van der Waals surface area (Å²) in [4.78, 5) is 51.3. The zero-order valence-corrected chi connectivity index (χ0v) is 65.9. The van der Waals surface area contributed by atoms with Crippen LogP contribution < -0.4 is 21.3 Å². The molecule has 10 saturated heterocycles. The van der Waals surface area contributed by atoms with Crippen LogP contribution in [-0.2, 0) is 109 Å². The molecule has 123 heavy (non-hydrogen) atoms. The van der Waals surface area contributed by atoms with Gasteiger partial charge in [0.25, 0.3) is 0 Å². The number of aliphatic hydroxyl groups is 28. The minimum atomic E-state index is -2.62. The van der Waals surface area contributed by atoms with E-state index in [2.05, 4.69) is 21.3 Å². The Morgan fingerprint density at radius 3 is 0.789 bits per heavy atom. The van der Waals surface area contributed by atoms with E-state index in [-0.39, 0.29) is 0 Å². The molecule has 0 aromatic heterocycles. The first-order chi connectivity index (χ1) is 58.2. The topological polar surface area (TPSA) is 858 Å². The number of nitrogens with one attached hydrogen (secondary N) is 4. The first kappa shape index (κ1) is 101. The van der Waals surface area contributed by atoms with E-state index in [0.717, 1.165) is 27.7 Å². The van der Waals surface area contributed by atoms with Crippen molar-refractivity contribution in [3.05, 3.63) is 0 Å². The van der Waals surface area contributed by atoms with Crippen molar-refractivity contribution in [3.8, 4) is 0 Å². The molecule has 55 heteroatoms. The molecule has 10 rings (SSSR count). The highest BCUT2D eigenvalue weighted by Gasteiger charge is 2.62. The molecule has 10 aliphatic rings.